The Morgan fingerprint density at radius 1 is 1.27 bits per heavy atom. The fraction of sp³-hybridized carbons (Fsp3) is 0.833. The highest BCUT2D eigenvalue weighted by molar-refractivity contribution is 5.69. The van der Waals surface area contributed by atoms with Gasteiger partial charge in [0.05, 0.1) is 5.60 Å². The maximum atomic E-state index is 12.5. The van der Waals surface area contributed by atoms with Crippen molar-refractivity contribution < 1.29 is 14.6 Å². The van der Waals surface area contributed by atoms with E-state index < -0.39 is 11.2 Å². The molecule has 2 fully saturated rings. The molecule has 2 heterocycles. The molecule has 2 atom stereocenters. The summed E-state index contributed by atoms with van der Waals surface area (Å²) in [6.45, 7) is 7.68. The molecule has 2 aliphatic rings. The smallest absolute Gasteiger partial charge is 0.410 e. The molecule has 0 aliphatic carbocycles. The molecule has 0 spiro atoms. The molecule has 2 bridgehead atoms. The minimum absolute atomic E-state index is 0.0794. The van der Waals surface area contributed by atoms with Crippen LogP contribution in [0, 0.1) is 11.8 Å². The summed E-state index contributed by atoms with van der Waals surface area (Å²) in [7, 11) is 0. The third-order valence-electron chi connectivity index (χ3n) is 4.42. The van der Waals surface area contributed by atoms with Crippen molar-refractivity contribution in [1.82, 2.24) is 4.90 Å². The van der Waals surface area contributed by atoms with Gasteiger partial charge in [-0.15, -0.1) is 11.8 Å². The Morgan fingerprint density at radius 3 is 2.36 bits per heavy atom. The van der Waals surface area contributed by atoms with Gasteiger partial charge >= 0.3 is 6.09 Å². The Hall–Kier alpha value is -1.21. The molecule has 0 aromatic heterocycles. The van der Waals surface area contributed by atoms with Gasteiger partial charge in [-0.25, -0.2) is 4.79 Å². The SMILES string of the molecule is CCC#CCC1(O)CC2CCCC(C1)N2C(=O)OC(C)(C)C. The predicted octanol–water partition coefficient (Wildman–Crippen LogP) is 3.47. The van der Waals surface area contributed by atoms with E-state index >= 15 is 0 Å². The van der Waals surface area contributed by atoms with E-state index in [4.69, 9.17) is 4.74 Å². The van der Waals surface area contributed by atoms with Crippen LogP contribution in [0.5, 0.6) is 0 Å². The van der Waals surface area contributed by atoms with E-state index in [0.717, 1.165) is 25.7 Å². The summed E-state index contributed by atoms with van der Waals surface area (Å²) < 4.78 is 5.56. The van der Waals surface area contributed by atoms with Gasteiger partial charge in [-0.3, -0.25) is 0 Å². The van der Waals surface area contributed by atoms with Crippen LogP contribution in [-0.2, 0) is 4.74 Å². The van der Waals surface area contributed by atoms with Crippen LogP contribution in [0.4, 0.5) is 4.79 Å². The number of ether oxygens (including phenoxy) is 1. The normalized spacial score (nSPS) is 31.2. The summed E-state index contributed by atoms with van der Waals surface area (Å²) in [6, 6.07) is 0.159. The summed E-state index contributed by atoms with van der Waals surface area (Å²) in [5.41, 5.74) is -1.23. The Morgan fingerprint density at radius 2 is 1.86 bits per heavy atom. The van der Waals surface area contributed by atoms with Gasteiger partial charge in [-0.05, 0) is 52.9 Å². The van der Waals surface area contributed by atoms with Crippen molar-refractivity contribution >= 4 is 6.09 Å². The predicted molar refractivity (Wildman–Crippen MR) is 86.4 cm³/mol. The molecule has 1 amide bonds. The number of carbonyl (C=O) groups is 1. The van der Waals surface area contributed by atoms with Crippen molar-refractivity contribution in [2.75, 3.05) is 0 Å². The van der Waals surface area contributed by atoms with Gasteiger partial charge in [0.1, 0.15) is 5.60 Å². The molecule has 4 heteroatoms. The zero-order valence-electron chi connectivity index (χ0n) is 14.3. The van der Waals surface area contributed by atoms with Gasteiger partial charge in [0, 0.05) is 24.9 Å². The Bertz CT molecular complexity index is 455. The van der Waals surface area contributed by atoms with Gasteiger partial charge in [-0.1, -0.05) is 6.92 Å². The largest absolute Gasteiger partial charge is 0.444 e. The number of piperidine rings is 2. The Balaban J connectivity index is 2.09. The van der Waals surface area contributed by atoms with Gasteiger partial charge in [0.25, 0.3) is 0 Å². The lowest BCUT2D eigenvalue weighted by Gasteiger charge is -2.51. The quantitative estimate of drug-likeness (QED) is 0.755. The number of hydrogen-bond acceptors (Lipinski definition) is 3. The monoisotopic (exact) mass is 307 g/mol. The third kappa shape index (κ3) is 4.16. The number of hydrogen-bond donors (Lipinski definition) is 1. The molecule has 2 aliphatic heterocycles. The second-order valence-corrected chi connectivity index (χ2v) is 7.64. The number of rotatable bonds is 1. The first-order valence-electron chi connectivity index (χ1n) is 8.43. The highest BCUT2D eigenvalue weighted by Crippen LogP contribution is 2.41. The molecule has 22 heavy (non-hydrogen) atoms. The molecule has 2 rings (SSSR count). The summed E-state index contributed by atoms with van der Waals surface area (Å²) >= 11 is 0. The molecule has 0 saturated carbocycles. The lowest BCUT2D eigenvalue weighted by Crippen LogP contribution is -2.60. The van der Waals surface area contributed by atoms with Gasteiger partial charge in [-0.2, -0.15) is 0 Å². The standard InChI is InChI=1S/C18H29NO3/c1-5-6-7-11-18(21)12-14-9-8-10-15(13-18)19(14)16(20)22-17(2,3)4/h14-15,21H,5,8-13H2,1-4H3. The summed E-state index contributed by atoms with van der Waals surface area (Å²) in [4.78, 5) is 14.4. The van der Waals surface area contributed by atoms with Gasteiger partial charge in [0.2, 0.25) is 0 Å². The van der Waals surface area contributed by atoms with Crippen molar-refractivity contribution in [2.45, 2.75) is 95.9 Å². The van der Waals surface area contributed by atoms with E-state index in [1.165, 1.54) is 0 Å². The van der Waals surface area contributed by atoms with Crippen LogP contribution in [-0.4, -0.2) is 39.4 Å². The van der Waals surface area contributed by atoms with Crippen LogP contribution in [0.1, 0.15) is 72.6 Å². The highest BCUT2D eigenvalue weighted by atomic mass is 16.6. The topological polar surface area (TPSA) is 49.8 Å². The minimum Gasteiger partial charge on any atom is -0.444 e. The summed E-state index contributed by atoms with van der Waals surface area (Å²) in [5.74, 6) is 6.12. The Labute approximate surface area is 134 Å². The molecule has 4 nitrogen and oxygen atoms in total. The van der Waals surface area contributed by atoms with Crippen molar-refractivity contribution in [3.8, 4) is 11.8 Å². The first kappa shape index (κ1) is 17.1. The van der Waals surface area contributed by atoms with E-state index in [1.54, 1.807) is 0 Å². The maximum Gasteiger partial charge on any atom is 0.410 e. The molecule has 2 unspecified atom stereocenters. The summed E-state index contributed by atoms with van der Waals surface area (Å²) in [5, 5.41) is 10.9. The number of carbonyl (C=O) groups excluding carboxylic acids is 1. The fourth-order valence-corrected chi connectivity index (χ4v) is 3.64. The van der Waals surface area contributed by atoms with E-state index in [0.29, 0.717) is 19.3 Å². The van der Waals surface area contributed by atoms with Gasteiger partial charge in [0.15, 0.2) is 0 Å². The van der Waals surface area contributed by atoms with Crippen molar-refractivity contribution in [2.24, 2.45) is 0 Å². The Kier molecular flexibility index (Phi) is 5.07. The lowest BCUT2D eigenvalue weighted by molar-refractivity contribution is -0.0898. The second kappa shape index (κ2) is 6.50. The highest BCUT2D eigenvalue weighted by Gasteiger charge is 2.48. The average Bonchev–Trinajstić information content (AvgIpc) is 2.35. The van der Waals surface area contributed by atoms with E-state index in [2.05, 4.69) is 11.8 Å². The van der Waals surface area contributed by atoms with Crippen LogP contribution in [0.3, 0.4) is 0 Å². The van der Waals surface area contributed by atoms with Crippen LogP contribution in [0.15, 0.2) is 0 Å². The zero-order chi connectivity index (χ0) is 16.4. The van der Waals surface area contributed by atoms with Crippen LogP contribution >= 0.6 is 0 Å². The van der Waals surface area contributed by atoms with E-state index in [1.807, 2.05) is 32.6 Å². The van der Waals surface area contributed by atoms with Crippen molar-refractivity contribution in [3.05, 3.63) is 0 Å². The van der Waals surface area contributed by atoms with Crippen LogP contribution in [0.2, 0.25) is 0 Å². The van der Waals surface area contributed by atoms with Gasteiger partial charge < -0.3 is 14.7 Å². The van der Waals surface area contributed by atoms with E-state index in [9.17, 15) is 9.90 Å². The van der Waals surface area contributed by atoms with Crippen LogP contribution in [0.25, 0.3) is 0 Å². The summed E-state index contributed by atoms with van der Waals surface area (Å²) in [6.07, 6.45) is 5.32. The molecule has 124 valence electrons. The first-order valence-corrected chi connectivity index (χ1v) is 8.43. The molecule has 2 saturated heterocycles. The number of aliphatic hydroxyl groups is 1. The first-order chi connectivity index (χ1) is 10.2. The molecular formula is C18H29NO3. The minimum atomic E-state index is -0.754. The fourth-order valence-electron chi connectivity index (χ4n) is 3.64. The molecule has 0 radical (unpaired) electrons. The molecule has 1 N–H and O–H groups in total. The lowest BCUT2D eigenvalue weighted by atomic mass is 9.74. The van der Waals surface area contributed by atoms with Crippen molar-refractivity contribution in [3.63, 3.8) is 0 Å². The zero-order valence-corrected chi connectivity index (χ0v) is 14.3. The van der Waals surface area contributed by atoms with Crippen LogP contribution < -0.4 is 0 Å². The average molecular weight is 307 g/mol. The third-order valence-corrected chi connectivity index (χ3v) is 4.42. The maximum absolute atomic E-state index is 12.5. The second-order valence-electron chi connectivity index (χ2n) is 7.64. The molecule has 0 aromatic rings. The molecule has 0 aromatic carbocycles. The number of amides is 1. The number of fused-ring (bicyclic) bond motifs is 2. The van der Waals surface area contributed by atoms with Crippen molar-refractivity contribution in [1.29, 1.82) is 0 Å². The molecular weight excluding hydrogens is 278 g/mol. The number of nitrogens with zero attached hydrogens (tertiary/aromatic N) is 1. The van der Waals surface area contributed by atoms with E-state index in [-0.39, 0.29) is 18.2 Å².